The van der Waals surface area contributed by atoms with Gasteiger partial charge in [-0.3, -0.25) is 4.79 Å². The molecule has 0 aromatic rings. The Labute approximate surface area is 121 Å². The minimum absolute atomic E-state index is 0.127. The van der Waals surface area contributed by atoms with Crippen molar-refractivity contribution in [2.24, 2.45) is 11.8 Å². The highest BCUT2D eigenvalue weighted by molar-refractivity contribution is 8.01. The van der Waals surface area contributed by atoms with Crippen molar-refractivity contribution in [3.8, 4) is 0 Å². The van der Waals surface area contributed by atoms with E-state index in [0.717, 1.165) is 6.42 Å². The number of aliphatic hydroxyl groups excluding tert-OH is 1. The van der Waals surface area contributed by atoms with Crippen molar-refractivity contribution in [2.45, 2.75) is 42.5 Å². The summed E-state index contributed by atoms with van der Waals surface area (Å²) >= 11 is 1.52. The molecule has 4 unspecified atom stereocenters. The molecule has 0 aromatic carbocycles. The molecule has 3 heterocycles. The highest BCUT2D eigenvalue weighted by Crippen LogP contribution is 2.58. The molecule has 20 heavy (non-hydrogen) atoms. The van der Waals surface area contributed by atoms with Crippen molar-refractivity contribution in [3.63, 3.8) is 0 Å². The maximum absolute atomic E-state index is 12.2. The second-order valence-corrected chi connectivity index (χ2v) is 7.60. The number of carbonyl (C=O) groups excluding carboxylic acids is 1. The third-order valence-electron chi connectivity index (χ3n) is 4.81. The molecule has 7 heteroatoms. The summed E-state index contributed by atoms with van der Waals surface area (Å²) in [5.74, 6) is -1.56. The SMILES string of the molecule is C[C@@H](O)C1C(=O)N2C(C(=O)O)C(C)(C3CCOC3)S[C@H]12. The molecular weight excluding hydrogens is 282 g/mol. The lowest BCUT2D eigenvalue weighted by Gasteiger charge is -2.45. The molecule has 0 saturated carbocycles. The van der Waals surface area contributed by atoms with Crippen LogP contribution in [0.1, 0.15) is 20.3 Å². The fourth-order valence-electron chi connectivity index (χ4n) is 3.63. The Morgan fingerprint density at radius 3 is 2.80 bits per heavy atom. The van der Waals surface area contributed by atoms with E-state index in [1.54, 1.807) is 6.92 Å². The molecule has 0 aromatic heterocycles. The predicted molar refractivity (Wildman–Crippen MR) is 72.2 cm³/mol. The maximum Gasteiger partial charge on any atom is 0.327 e. The van der Waals surface area contributed by atoms with E-state index in [-0.39, 0.29) is 17.2 Å². The van der Waals surface area contributed by atoms with E-state index >= 15 is 0 Å². The second kappa shape index (κ2) is 4.61. The number of fused-ring (bicyclic) bond motifs is 1. The first kappa shape index (κ1) is 14.2. The van der Waals surface area contributed by atoms with Crippen LogP contribution in [0.5, 0.6) is 0 Å². The van der Waals surface area contributed by atoms with Gasteiger partial charge in [0.1, 0.15) is 6.04 Å². The van der Waals surface area contributed by atoms with E-state index in [4.69, 9.17) is 4.74 Å². The van der Waals surface area contributed by atoms with Crippen LogP contribution < -0.4 is 0 Å². The van der Waals surface area contributed by atoms with Crippen molar-refractivity contribution >= 4 is 23.6 Å². The summed E-state index contributed by atoms with van der Waals surface area (Å²) < 4.78 is 4.85. The van der Waals surface area contributed by atoms with Crippen LogP contribution in [0.2, 0.25) is 0 Å². The first-order valence-corrected chi connectivity index (χ1v) is 7.74. The third-order valence-corrected chi connectivity index (χ3v) is 6.64. The van der Waals surface area contributed by atoms with Crippen molar-refractivity contribution in [1.82, 2.24) is 4.90 Å². The number of hydrogen-bond acceptors (Lipinski definition) is 5. The Bertz CT molecular complexity index is 450. The van der Waals surface area contributed by atoms with Crippen molar-refractivity contribution < 1.29 is 24.5 Å². The Kier molecular flexibility index (Phi) is 3.26. The standard InChI is InChI=1S/C13H19NO5S/c1-6(15)8-10(16)14-9(12(17)18)13(2,20-11(8)14)7-3-4-19-5-7/h6-9,11,15H,3-5H2,1-2H3,(H,17,18)/t6-,7?,8?,9?,11-,13?/m1/s1. The lowest BCUT2D eigenvalue weighted by molar-refractivity contribution is -0.169. The summed E-state index contributed by atoms with van der Waals surface area (Å²) in [6, 6.07) is -0.827. The van der Waals surface area contributed by atoms with Gasteiger partial charge in [-0.15, -0.1) is 11.8 Å². The topological polar surface area (TPSA) is 87.1 Å². The number of β-lactam (4-membered cyclic amide) rings is 1. The first-order chi connectivity index (χ1) is 9.38. The number of rotatable bonds is 3. The van der Waals surface area contributed by atoms with Crippen LogP contribution in [0.4, 0.5) is 0 Å². The highest BCUT2D eigenvalue weighted by atomic mass is 32.2. The van der Waals surface area contributed by atoms with Crippen LogP contribution in [-0.4, -0.2) is 62.5 Å². The van der Waals surface area contributed by atoms with Gasteiger partial charge in [0.05, 0.1) is 28.7 Å². The molecule has 0 spiro atoms. The molecule has 0 bridgehead atoms. The van der Waals surface area contributed by atoms with Crippen LogP contribution in [0.3, 0.4) is 0 Å². The average molecular weight is 301 g/mol. The Hall–Kier alpha value is -0.790. The molecule has 6 nitrogen and oxygen atoms in total. The van der Waals surface area contributed by atoms with Gasteiger partial charge in [-0.05, 0) is 20.3 Å². The fraction of sp³-hybridized carbons (Fsp3) is 0.846. The number of aliphatic hydroxyl groups is 1. The van der Waals surface area contributed by atoms with Gasteiger partial charge >= 0.3 is 5.97 Å². The molecule has 112 valence electrons. The Morgan fingerprint density at radius 2 is 2.30 bits per heavy atom. The van der Waals surface area contributed by atoms with Crippen LogP contribution in [0.25, 0.3) is 0 Å². The number of carboxylic acids is 1. The van der Waals surface area contributed by atoms with Gasteiger partial charge in [0, 0.05) is 12.5 Å². The molecule has 3 aliphatic heterocycles. The van der Waals surface area contributed by atoms with Gasteiger partial charge in [-0.2, -0.15) is 0 Å². The minimum atomic E-state index is -0.966. The van der Waals surface area contributed by atoms with E-state index < -0.39 is 28.8 Å². The Balaban J connectivity index is 1.92. The number of carbonyl (C=O) groups is 2. The lowest BCUT2D eigenvalue weighted by Crippen LogP contribution is -2.65. The quantitative estimate of drug-likeness (QED) is 0.722. The van der Waals surface area contributed by atoms with Crippen LogP contribution in [0.15, 0.2) is 0 Å². The average Bonchev–Trinajstić information content (AvgIpc) is 2.94. The lowest BCUT2D eigenvalue weighted by atomic mass is 9.82. The zero-order valence-electron chi connectivity index (χ0n) is 11.5. The number of nitrogens with zero attached hydrogens (tertiary/aromatic N) is 1. The summed E-state index contributed by atoms with van der Waals surface area (Å²) in [5, 5.41) is 19.1. The molecular formula is C13H19NO5S. The number of aliphatic carboxylic acids is 1. The second-order valence-electron chi connectivity index (χ2n) is 6.01. The molecule has 3 fully saturated rings. The zero-order chi connectivity index (χ0) is 14.7. The summed E-state index contributed by atoms with van der Waals surface area (Å²) in [6.07, 6.45) is 0.0781. The van der Waals surface area contributed by atoms with E-state index in [9.17, 15) is 19.8 Å². The molecule has 3 saturated heterocycles. The number of ether oxygens (including phenoxy) is 1. The number of carboxylic acid groups (broad SMARTS) is 1. The van der Waals surface area contributed by atoms with E-state index in [2.05, 4.69) is 0 Å². The highest BCUT2D eigenvalue weighted by Gasteiger charge is 2.67. The summed E-state index contributed by atoms with van der Waals surface area (Å²) in [4.78, 5) is 25.3. The van der Waals surface area contributed by atoms with Gasteiger partial charge < -0.3 is 19.8 Å². The predicted octanol–water partition coefficient (Wildman–Crippen LogP) is 0.147. The van der Waals surface area contributed by atoms with E-state index in [0.29, 0.717) is 13.2 Å². The molecule has 2 N–H and O–H groups in total. The van der Waals surface area contributed by atoms with Crippen LogP contribution in [0, 0.1) is 11.8 Å². The van der Waals surface area contributed by atoms with Gasteiger partial charge in [-0.25, -0.2) is 4.79 Å². The van der Waals surface area contributed by atoms with E-state index in [1.807, 2.05) is 6.92 Å². The molecule has 3 rings (SSSR count). The van der Waals surface area contributed by atoms with Crippen molar-refractivity contribution in [1.29, 1.82) is 0 Å². The van der Waals surface area contributed by atoms with Crippen molar-refractivity contribution in [2.75, 3.05) is 13.2 Å². The van der Waals surface area contributed by atoms with Gasteiger partial charge in [0.25, 0.3) is 0 Å². The normalized spacial score (nSPS) is 45.1. The van der Waals surface area contributed by atoms with Crippen LogP contribution >= 0.6 is 11.8 Å². The molecule has 0 aliphatic carbocycles. The first-order valence-electron chi connectivity index (χ1n) is 6.86. The monoisotopic (exact) mass is 301 g/mol. The maximum atomic E-state index is 12.2. The van der Waals surface area contributed by atoms with Gasteiger partial charge in [-0.1, -0.05) is 0 Å². The number of thioether (sulfide) groups is 1. The van der Waals surface area contributed by atoms with Gasteiger partial charge in [0.15, 0.2) is 0 Å². The Morgan fingerprint density at radius 1 is 1.60 bits per heavy atom. The largest absolute Gasteiger partial charge is 0.480 e. The number of amides is 1. The summed E-state index contributed by atoms with van der Waals surface area (Å²) in [6.45, 7) is 4.69. The fourth-order valence-corrected chi connectivity index (χ4v) is 5.70. The summed E-state index contributed by atoms with van der Waals surface area (Å²) in [5.41, 5.74) is 0. The van der Waals surface area contributed by atoms with Crippen LogP contribution in [-0.2, 0) is 14.3 Å². The summed E-state index contributed by atoms with van der Waals surface area (Å²) in [7, 11) is 0. The van der Waals surface area contributed by atoms with Crippen molar-refractivity contribution in [3.05, 3.63) is 0 Å². The molecule has 3 aliphatic rings. The minimum Gasteiger partial charge on any atom is -0.480 e. The van der Waals surface area contributed by atoms with E-state index in [1.165, 1.54) is 16.7 Å². The molecule has 1 amide bonds. The molecule has 6 atom stereocenters. The number of hydrogen-bond donors (Lipinski definition) is 2. The third kappa shape index (κ3) is 1.72. The zero-order valence-corrected chi connectivity index (χ0v) is 12.3. The smallest absolute Gasteiger partial charge is 0.327 e. The van der Waals surface area contributed by atoms with Gasteiger partial charge in [0.2, 0.25) is 5.91 Å². The molecule has 0 radical (unpaired) electrons.